The molecule has 0 heterocycles. The fourth-order valence-electron chi connectivity index (χ4n) is 2.80. The van der Waals surface area contributed by atoms with E-state index in [9.17, 15) is 0 Å². The van der Waals surface area contributed by atoms with E-state index in [1.165, 1.54) is 24.8 Å². The Kier molecular flexibility index (Phi) is 6.99. The van der Waals surface area contributed by atoms with Gasteiger partial charge in [-0.15, -0.1) is 0 Å². The molecular weight excluding hydrogens is 284 g/mol. The summed E-state index contributed by atoms with van der Waals surface area (Å²) in [5, 5.41) is 0. The summed E-state index contributed by atoms with van der Waals surface area (Å²) in [5.74, 6) is 1.85. The van der Waals surface area contributed by atoms with Crippen LogP contribution in [0.1, 0.15) is 45.1 Å². The number of rotatable bonds is 9. The van der Waals surface area contributed by atoms with E-state index < -0.39 is 0 Å². The summed E-state index contributed by atoms with van der Waals surface area (Å²) >= 11 is 0. The Morgan fingerprint density at radius 3 is 2.30 bits per heavy atom. The van der Waals surface area contributed by atoms with E-state index in [-0.39, 0.29) is 0 Å². The van der Waals surface area contributed by atoms with Crippen LogP contribution in [0.5, 0.6) is 11.5 Å². The second kappa shape index (κ2) is 9.24. The van der Waals surface area contributed by atoms with E-state index in [2.05, 4.69) is 44.2 Å². The average molecular weight is 312 g/mol. The molecule has 0 saturated heterocycles. The molecule has 0 radical (unpaired) electrons. The van der Waals surface area contributed by atoms with Gasteiger partial charge in [0.2, 0.25) is 0 Å². The Balaban J connectivity index is 2.33. The number of methoxy groups -OCH3 is 1. The maximum atomic E-state index is 6.22. The molecular formula is C21H28O2. The molecule has 0 aliphatic carbocycles. The van der Waals surface area contributed by atoms with Crippen molar-refractivity contribution in [3.05, 3.63) is 48.0 Å². The summed E-state index contributed by atoms with van der Waals surface area (Å²) < 4.78 is 11.8. The van der Waals surface area contributed by atoms with Gasteiger partial charge in [0.1, 0.15) is 11.5 Å². The number of hydrogen-bond donors (Lipinski definition) is 0. The third-order valence-electron chi connectivity index (χ3n) is 4.11. The van der Waals surface area contributed by atoms with Crippen LogP contribution in [0.2, 0.25) is 0 Å². The van der Waals surface area contributed by atoms with Crippen molar-refractivity contribution < 1.29 is 9.47 Å². The molecule has 23 heavy (non-hydrogen) atoms. The predicted molar refractivity (Wildman–Crippen MR) is 97.4 cm³/mol. The molecule has 0 amide bonds. The van der Waals surface area contributed by atoms with E-state index in [1.54, 1.807) is 7.11 Å². The number of aryl methyl sites for hydroxylation is 1. The molecule has 2 rings (SSSR count). The minimum absolute atomic E-state index is 0.764. The van der Waals surface area contributed by atoms with Crippen molar-refractivity contribution in [1.82, 2.24) is 0 Å². The van der Waals surface area contributed by atoms with E-state index >= 15 is 0 Å². The van der Waals surface area contributed by atoms with Crippen LogP contribution < -0.4 is 9.47 Å². The van der Waals surface area contributed by atoms with E-state index in [1.807, 2.05) is 12.1 Å². The number of ether oxygens (including phenoxy) is 2. The van der Waals surface area contributed by atoms with Crippen LogP contribution in [-0.4, -0.2) is 13.7 Å². The van der Waals surface area contributed by atoms with Gasteiger partial charge in [0.25, 0.3) is 0 Å². The molecule has 0 aliphatic rings. The first kappa shape index (κ1) is 17.4. The smallest absolute Gasteiger partial charge is 0.134 e. The zero-order valence-corrected chi connectivity index (χ0v) is 14.6. The highest BCUT2D eigenvalue weighted by molar-refractivity contribution is 5.78. The Hall–Kier alpha value is -1.96. The molecule has 0 aliphatic heterocycles. The normalized spacial score (nSPS) is 10.6. The lowest BCUT2D eigenvalue weighted by molar-refractivity contribution is 0.301. The van der Waals surface area contributed by atoms with Crippen molar-refractivity contribution >= 4 is 0 Å². The second-order valence-corrected chi connectivity index (χ2v) is 5.76. The van der Waals surface area contributed by atoms with Gasteiger partial charge in [0.05, 0.1) is 19.3 Å². The zero-order chi connectivity index (χ0) is 16.5. The third-order valence-corrected chi connectivity index (χ3v) is 4.11. The number of unbranched alkanes of at least 4 members (excludes halogenated alkanes) is 3. The Labute approximate surface area is 140 Å². The van der Waals surface area contributed by atoms with Gasteiger partial charge < -0.3 is 9.47 Å². The molecule has 2 nitrogen and oxygen atoms in total. The summed E-state index contributed by atoms with van der Waals surface area (Å²) in [6.45, 7) is 5.16. The van der Waals surface area contributed by atoms with Gasteiger partial charge in [0.15, 0.2) is 0 Å². The lowest BCUT2D eigenvalue weighted by atomic mass is 9.99. The van der Waals surface area contributed by atoms with Gasteiger partial charge in [-0.05, 0) is 30.0 Å². The second-order valence-electron chi connectivity index (χ2n) is 5.76. The van der Waals surface area contributed by atoms with E-state index in [4.69, 9.17) is 9.47 Å². The Morgan fingerprint density at radius 1 is 0.870 bits per heavy atom. The van der Waals surface area contributed by atoms with Crippen LogP contribution in [0.25, 0.3) is 11.1 Å². The molecule has 0 bridgehead atoms. The summed E-state index contributed by atoms with van der Waals surface area (Å²) in [7, 11) is 1.72. The molecule has 0 spiro atoms. The lowest BCUT2D eigenvalue weighted by Gasteiger charge is -2.18. The van der Waals surface area contributed by atoms with Crippen molar-refractivity contribution in [3.63, 3.8) is 0 Å². The van der Waals surface area contributed by atoms with Crippen molar-refractivity contribution in [2.75, 3.05) is 13.7 Å². The molecule has 124 valence electrons. The van der Waals surface area contributed by atoms with Gasteiger partial charge in [-0.25, -0.2) is 0 Å². The van der Waals surface area contributed by atoms with E-state index in [0.29, 0.717) is 0 Å². The van der Waals surface area contributed by atoms with Gasteiger partial charge in [-0.3, -0.25) is 0 Å². The van der Waals surface area contributed by atoms with Crippen LogP contribution in [-0.2, 0) is 6.42 Å². The van der Waals surface area contributed by atoms with Crippen molar-refractivity contribution in [1.29, 1.82) is 0 Å². The quantitative estimate of drug-likeness (QED) is 0.538. The lowest BCUT2D eigenvalue weighted by Crippen LogP contribution is -2.03. The zero-order valence-electron chi connectivity index (χ0n) is 14.6. The molecule has 2 aromatic rings. The van der Waals surface area contributed by atoms with Crippen LogP contribution in [0.3, 0.4) is 0 Å². The molecule has 2 heteroatoms. The monoisotopic (exact) mass is 312 g/mol. The average Bonchev–Trinajstić information content (AvgIpc) is 2.61. The highest BCUT2D eigenvalue weighted by atomic mass is 16.5. The Morgan fingerprint density at radius 2 is 1.65 bits per heavy atom. The maximum Gasteiger partial charge on any atom is 0.134 e. The standard InChI is InChI=1S/C21H28O2/c1-4-6-7-11-16-23-21-17(5-2)14-15-19(22-3)20(21)18-12-9-8-10-13-18/h8-10,12-15H,4-7,11,16H2,1-3H3. The molecule has 0 N–H and O–H groups in total. The first-order valence-corrected chi connectivity index (χ1v) is 8.69. The largest absolute Gasteiger partial charge is 0.496 e. The Bertz CT molecular complexity index is 590. The molecule has 0 unspecified atom stereocenters. The highest BCUT2D eigenvalue weighted by Crippen LogP contribution is 2.41. The molecule has 0 atom stereocenters. The van der Waals surface area contributed by atoms with Gasteiger partial charge in [-0.1, -0.05) is 69.5 Å². The van der Waals surface area contributed by atoms with Crippen LogP contribution in [0.4, 0.5) is 0 Å². The van der Waals surface area contributed by atoms with Crippen LogP contribution in [0.15, 0.2) is 42.5 Å². The third kappa shape index (κ3) is 4.51. The van der Waals surface area contributed by atoms with Gasteiger partial charge in [0, 0.05) is 0 Å². The summed E-state index contributed by atoms with van der Waals surface area (Å²) in [4.78, 5) is 0. The van der Waals surface area contributed by atoms with E-state index in [0.717, 1.165) is 42.1 Å². The minimum Gasteiger partial charge on any atom is -0.496 e. The first-order valence-electron chi connectivity index (χ1n) is 8.69. The summed E-state index contributed by atoms with van der Waals surface area (Å²) in [6.07, 6.45) is 5.79. The number of benzene rings is 2. The summed E-state index contributed by atoms with van der Waals surface area (Å²) in [5.41, 5.74) is 3.45. The van der Waals surface area contributed by atoms with Crippen LogP contribution >= 0.6 is 0 Å². The summed E-state index contributed by atoms with van der Waals surface area (Å²) in [6, 6.07) is 14.5. The van der Waals surface area contributed by atoms with Crippen molar-refractivity contribution in [2.45, 2.75) is 46.0 Å². The maximum absolute atomic E-state index is 6.22. The molecule has 0 saturated carbocycles. The minimum atomic E-state index is 0.764. The molecule has 0 aromatic heterocycles. The predicted octanol–water partition coefficient (Wildman–Crippen LogP) is 5.88. The first-order chi connectivity index (χ1) is 11.3. The SMILES string of the molecule is CCCCCCOc1c(CC)ccc(OC)c1-c1ccccc1. The molecule has 2 aromatic carbocycles. The highest BCUT2D eigenvalue weighted by Gasteiger charge is 2.16. The number of hydrogen-bond acceptors (Lipinski definition) is 2. The fraction of sp³-hybridized carbons (Fsp3) is 0.429. The molecule has 0 fully saturated rings. The van der Waals surface area contributed by atoms with Gasteiger partial charge >= 0.3 is 0 Å². The van der Waals surface area contributed by atoms with Crippen LogP contribution in [0, 0.1) is 0 Å². The van der Waals surface area contributed by atoms with Gasteiger partial charge in [-0.2, -0.15) is 0 Å². The fourth-order valence-corrected chi connectivity index (χ4v) is 2.80. The topological polar surface area (TPSA) is 18.5 Å². The van der Waals surface area contributed by atoms with Crippen molar-refractivity contribution in [2.24, 2.45) is 0 Å². The van der Waals surface area contributed by atoms with Crippen molar-refractivity contribution in [3.8, 4) is 22.6 Å².